The zero-order valence-corrected chi connectivity index (χ0v) is 12.0. The van der Waals surface area contributed by atoms with Gasteiger partial charge in [-0.15, -0.1) is 0 Å². The van der Waals surface area contributed by atoms with Crippen LogP contribution in [0.1, 0.15) is 59.3 Å². The van der Waals surface area contributed by atoms with Crippen LogP contribution in [-0.2, 0) is 0 Å². The van der Waals surface area contributed by atoms with E-state index in [2.05, 4.69) is 26.1 Å². The lowest BCUT2D eigenvalue weighted by Gasteiger charge is -1.99. The number of hydrogen-bond acceptors (Lipinski definition) is 1. The molecule has 0 rings (SSSR count). The zero-order valence-electron chi connectivity index (χ0n) is 10.6. The highest BCUT2D eigenvalue weighted by atomic mass is 24.4. The molecular weight excluding hydrogens is 182 g/mol. The summed E-state index contributed by atoms with van der Waals surface area (Å²) in [5.74, 6) is 0. The second-order valence-electron chi connectivity index (χ2n) is 3.66. The second-order valence-corrected chi connectivity index (χ2v) is 4.37. The molecule has 0 aromatic rings. The molecule has 0 heterocycles. The molecule has 0 atom stereocenters. The molecule has 0 aromatic heterocycles. The van der Waals surface area contributed by atoms with Crippen LogP contribution in [0.4, 0.5) is 0 Å². The van der Waals surface area contributed by atoms with Crippen molar-refractivity contribution in [3.8, 4) is 0 Å². The molecule has 0 saturated carbocycles. The standard InChI is InChI=1S/C8H19N.C4H9.Mg/c1-3-5-7-9-8-6-4-2;1-3-4-2;/h9H,3-8H2,1-2H3;1,3-4H2,2H3;/q;;+2. The zero-order chi connectivity index (χ0) is 11.1. The van der Waals surface area contributed by atoms with Crippen LogP contribution in [0, 0.1) is 0 Å². The molecule has 81 valence electrons. The van der Waals surface area contributed by atoms with Crippen LogP contribution in [-0.4, -0.2) is 34.8 Å². The second kappa shape index (κ2) is 19.3. The van der Waals surface area contributed by atoms with E-state index < -0.39 is 0 Å². The third-order valence-electron chi connectivity index (χ3n) is 2.02. The first kappa shape index (κ1) is 17.1. The van der Waals surface area contributed by atoms with Gasteiger partial charge >= 0.3 is 21.7 Å². The molecule has 1 N–H and O–H groups in total. The van der Waals surface area contributed by atoms with E-state index in [0.29, 0.717) is 0 Å². The minimum Gasteiger partial charge on any atom is -0.317 e. The Morgan fingerprint density at radius 1 is 0.786 bits per heavy atom. The van der Waals surface area contributed by atoms with Gasteiger partial charge in [-0.2, -0.15) is 0 Å². The van der Waals surface area contributed by atoms with Crippen molar-refractivity contribution in [1.82, 2.24) is 5.32 Å². The Balaban J connectivity index is 0. The van der Waals surface area contributed by atoms with E-state index in [9.17, 15) is 0 Å². The lowest BCUT2D eigenvalue weighted by atomic mass is 10.3. The quantitative estimate of drug-likeness (QED) is 0.477. The Kier molecular flexibility index (Phi) is 23.6. The van der Waals surface area contributed by atoms with Crippen molar-refractivity contribution in [3.63, 3.8) is 0 Å². The van der Waals surface area contributed by atoms with Gasteiger partial charge in [0.1, 0.15) is 0 Å². The van der Waals surface area contributed by atoms with Gasteiger partial charge in [0.05, 0.1) is 0 Å². The van der Waals surface area contributed by atoms with E-state index in [1.54, 1.807) is 0 Å². The van der Waals surface area contributed by atoms with Gasteiger partial charge in [0.25, 0.3) is 4.55 Å². The number of hydrogen-bond donors (Lipinski definition) is 1. The van der Waals surface area contributed by atoms with Gasteiger partial charge in [0.2, 0.25) is 0 Å². The van der Waals surface area contributed by atoms with Crippen LogP contribution in [0.2, 0.25) is 4.55 Å². The highest BCUT2D eigenvalue weighted by Crippen LogP contribution is 1.86. The van der Waals surface area contributed by atoms with Crippen molar-refractivity contribution in [2.75, 3.05) is 13.1 Å². The summed E-state index contributed by atoms with van der Waals surface area (Å²) in [7, 11) is 0. The normalized spacial score (nSPS) is 9.43. The first-order valence-corrected chi connectivity index (χ1v) is 7.33. The maximum Gasteiger partial charge on any atom is 1.41 e. The van der Waals surface area contributed by atoms with Crippen LogP contribution in [0.25, 0.3) is 0 Å². The number of unbranched alkanes of at least 4 members (excludes halogenated alkanes) is 3. The molecule has 0 aliphatic rings. The van der Waals surface area contributed by atoms with Crippen LogP contribution in [0.3, 0.4) is 0 Å². The number of nitrogens with one attached hydrogen (secondary N) is 1. The van der Waals surface area contributed by atoms with E-state index in [1.165, 1.54) is 56.2 Å². The molecule has 0 fully saturated rings. The van der Waals surface area contributed by atoms with Crippen molar-refractivity contribution in [3.05, 3.63) is 0 Å². The molecule has 0 saturated heterocycles. The topological polar surface area (TPSA) is 12.0 Å². The van der Waals surface area contributed by atoms with Crippen LogP contribution < -0.4 is 5.32 Å². The van der Waals surface area contributed by atoms with Gasteiger partial charge in [-0.3, -0.25) is 0 Å². The first-order chi connectivity index (χ1) is 6.83. The summed E-state index contributed by atoms with van der Waals surface area (Å²) in [4.78, 5) is 0. The lowest BCUT2D eigenvalue weighted by molar-refractivity contribution is 0.611. The molecule has 7 radical (unpaired) electrons. The maximum absolute atomic E-state index is 3.39. The third-order valence-corrected chi connectivity index (χ3v) is 2.52. The summed E-state index contributed by atoms with van der Waals surface area (Å²) in [5.41, 5.74) is 0. The van der Waals surface area contributed by atoms with E-state index in [1.807, 2.05) is 21.7 Å². The largest absolute Gasteiger partial charge is 1.41 e. The molecular formula is C12H28MgN+2. The SMILES string of the molecule is CCCCNCCCC.CCC[CH2][Mg+2]. The van der Waals surface area contributed by atoms with Crippen molar-refractivity contribution in [1.29, 1.82) is 0 Å². The monoisotopic (exact) mass is 210 g/mol. The minimum absolute atomic E-state index is 1.20. The molecule has 0 bridgehead atoms. The van der Waals surface area contributed by atoms with E-state index in [0.717, 1.165) is 0 Å². The fraction of sp³-hybridized carbons (Fsp3) is 1.00. The summed E-state index contributed by atoms with van der Waals surface area (Å²) >= 11 is 2.05. The molecule has 2 heteroatoms. The van der Waals surface area contributed by atoms with Gasteiger partial charge in [0.15, 0.2) is 0 Å². The van der Waals surface area contributed by atoms with Crippen molar-refractivity contribution in [2.45, 2.75) is 63.8 Å². The molecule has 1 nitrogen and oxygen atoms in total. The highest BCUT2D eigenvalue weighted by molar-refractivity contribution is 6.08. The third kappa shape index (κ3) is 23.0. The molecule has 0 amide bonds. The molecule has 0 aliphatic carbocycles. The Morgan fingerprint density at radius 3 is 1.43 bits per heavy atom. The van der Waals surface area contributed by atoms with E-state index in [4.69, 9.17) is 0 Å². The number of rotatable bonds is 8. The average Bonchev–Trinajstić information content (AvgIpc) is 2.20. The fourth-order valence-electron chi connectivity index (χ4n) is 0.979. The van der Waals surface area contributed by atoms with Crippen molar-refractivity contribution < 1.29 is 0 Å². The molecule has 14 heavy (non-hydrogen) atoms. The minimum atomic E-state index is 1.20. The predicted molar refractivity (Wildman–Crippen MR) is 68.2 cm³/mol. The van der Waals surface area contributed by atoms with Crippen LogP contribution in [0.15, 0.2) is 0 Å². The summed E-state index contributed by atoms with van der Waals surface area (Å²) in [6.45, 7) is 9.07. The van der Waals surface area contributed by atoms with Gasteiger partial charge < -0.3 is 5.32 Å². The summed E-state index contributed by atoms with van der Waals surface area (Å²) in [6.07, 6.45) is 8.01. The summed E-state index contributed by atoms with van der Waals surface area (Å²) < 4.78 is 1.37. The smallest absolute Gasteiger partial charge is 0.317 e. The molecule has 0 spiro atoms. The predicted octanol–water partition coefficient (Wildman–Crippen LogP) is 3.55. The molecule has 0 unspecified atom stereocenters. The van der Waals surface area contributed by atoms with Crippen LogP contribution >= 0.6 is 0 Å². The van der Waals surface area contributed by atoms with Gasteiger partial charge in [-0.1, -0.05) is 33.6 Å². The van der Waals surface area contributed by atoms with Gasteiger partial charge in [0, 0.05) is 6.42 Å². The maximum atomic E-state index is 3.39. The Morgan fingerprint density at radius 2 is 1.21 bits per heavy atom. The Labute approximate surface area is 104 Å². The van der Waals surface area contributed by atoms with Gasteiger partial charge in [-0.05, 0) is 32.4 Å². The van der Waals surface area contributed by atoms with Gasteiger partial charge in [-0.25, -0.2) is 0 Å². The summed E-state index contributed by atoms with van der Waals surface area (Å²) in [6, 6.07) is 0. The average molecular weight is 211 g/mol. The first-order valence-electron chi connectivity index (χ1n) is 6.33. The Hall–Kier alpha value is 0.726. The highest BCUT2D eigenvalue weighted by Gasteiger charge is 2.19. The molecule has 0 aromatic carbocycles. The van der Waals surface area contributed by atoms with Crippen molar-refractivity contribution in [2.24, 2.45) is 0 Å². The van der Waals surface area contributed by atoms with Crippen molar-refractivity contribution >= 4 is 21.7 Å². The lowest BCUT2D eigenvalue weighted by Crippen LogP contribution is -2.15. The summed E-state index contributed by atoms with van der Waals surface area (Å²) in [5, 5.41) is 3.39. The van der Waals surface area contributed by atoms with E-state index >= 15 is 0 Å². The van der Waals surface area contributed by atoms with Crippen LogP contribution in [0.5, 0.6) is 0 Å². The fourth-order valence-corrected chi connectivity index (χ4v) is 1.48. The van der Waals surface area contributed by atoms with E-state index in [-0.39, 0.29) is 0 Å². The Bertz CT molecular complexity index is 68.7. The molecule has 0 aliphatic heterocycles.